The quantitative estimate of drug-likeness (QED) is 0.559. The highest BCUT2D eigenvalue weighted by atomic mass is 32.1. The number of anilines is 1. The van der Waals surface area contributed by atoms with Crippen molar-refractivity contribution < 1.29 is 23.5 Å². The van der Waals surface area contributed by atoms with Crippen LogP contribution in [0.15, 0.2) is 28.7 Å². The maximum Gasteiger partial charge on any atom is 0.342 e. The minimum absolute atomic E-state index is 0.198. The zero-order valence-electron chi connectivity index (χ0n) is 17.6. The monoisotopic (exact) mass is 441 g/mol. The molecule has 2 aromatic heterocycles. The van der Waals surface area contributed by atoms with Gasteiger partial charge in [-0.15, -0.1) is 21.5 Å². The number of nitrogens with one attached hydrogen (secondary N) is 1. The lowest BCUT2D eigenvalue weighted by atomic mass is 9.95. The molecule has 2 heterocycles. The van der Waals surface area contributed by atoms with Crippen molar-refractivity contribution in [1.29, 1.82) is 0 Å². The van der Waals surface area contributed by atoms with Crippen LogP contribution in [0.1, 0.15) is 59.5 Å². The number of amides is 1. The summed E-state index contributed by atoms with van der Waals surface area (Å²) in [4.78, 5) is 25.8. The van der Waals surface area contributed by atoms with E-state index in [0.29, 0.717) is 16.5 Å². The highest BCUT2D eigenvalue weighted by Gasteiger charge is 2.29. The summed E-state index contributed by atoms with van der Waals surface area (Å²) in [6.07, 6.45) is 3.05. The van der Waals surface area contributed by atoms with E-state index in [-0.39, 0.29) is 11.8 Å². The van der Waals surface area contributed by atoms with Gasteiger partial charge in [-0.25, -0.2) is 4.79 Å². The van der Waals surface area contributed by atoms with Crippen molar-refractivity contribution in [2.45, 2.75) is 45.6 Å². The largest absolute Gasteiger partial charge is 0.497 e. The molecule has 0 saturated heterocycles. The van der Waals surface area contributed by atoms with E-state index < -0.39 is 12.1 Å². The zero-order chi connectivity index (χ0) is 22.0. The van der Waals surface area contributed by atoms with E-state index in [1.54, 1.807) is 26.2 Å². The average Bonchev–Trinajstić information content (AvgIpc) is 3.38. The molecule has 0 aliphatic heterocycles. The van der Waals surface area contributed by atoms with E-state index in [1.807, 2.05) is 12.1 Å². The van der Waals surface area contributed by atoms with Crippen LogP contribution in [0.5, 0.6) is 5.75 Å². The predicted octanol–water partition coefficient (Wildman–Crippen LogP) is 4.56. The third kappa shape index (κ3) is 4.46. The number of carbonyl (C=O) groups excluding carboxylic acids is 2. The summed E-state index contributed by atoms with van der Waals surface area (Å²) in [6.45, 7) is 3.11. The maximum absolute atomic E-state index is 13.0. The van der Waals surface area contributed by atoms with Crippen molar-refractivity contribution in [2.24, 2.45) is 0 Å². The van der Waals surface area contributed by atoms with Crippen LogP contribution >= 0.6 is 11.3 Å². The molecule has 1 aliphatic rings. The first-order valence-electron chi connectivity index (χ1n) is 10.1. The number of aromatic nitrogens is 2. The molecule has 0 bridgehead atoms. The molecule has 1 unspecified atom stereocenters. The van der Waals surface area contributed by atoms with Gasteiger partial charge in [0.05, 0.1) is 12.7 Å². The summed E-state index contributed by atoms with van der Waals surface area (Å²) in [7, 11) is 1.60. The number of methoxy groups -OCH3 is 1. The number of aryl methyl sites for hydroxylation is 1. The Labute approximate surface area is 183 Å². The van der Waals surface area contributed by atoms with Gasteiger partial charge in [0.15, 0.2) is 6.10 Å². The lowest BCUT2D eigenvalue weighted by Gasteiger charge is -2.14. The molecular weight excluding hydrogens is 418 g/mol. The van der Waals surface area contributed by atoms with Crippen LogP contribution < -0.4 is 10.1 Å². The molecule has 1 atom stereocenters. The number of thiophene rings is 1. The Morgan fingerprint density at radius 3 is 2.61 bits per heavy atom. The third-order valence-electron chi connectivity index (χ3n) is 5.07. The first-order valence-corrected chi connectivity index (χ1v) is 10.9. The molecule has 4 rings (SSSR count). The summed E-state index contributed by atoms with van der Waals surface area (Å²) in [5, 5.41) is 11.4. The molecule has 31 heavy (non-hydrogen) atoms. The molecule has 1 aliphatic carbocycles. The van der Waals surface area contributed by atoms with E-state index in [9.17, 15) is 9.59 Å². The molecule has 1 aromatic carbocycles. The summed E-state index contributed by atoms with van der Waals surface area (Å²) < 4.78 is 16.5. The van der Waals surface area contributed by atoms with E-state index in [0.717, 1.165) is 47.4 Å². The minimum atomic E-state index is -0.740. The first-order chi connectivity index (χ1) is 15.0. The maximum atomic E-state index is 13.0. The fourth-order valence-corrected chi connectivity index (χ4v) is 4.87. The molecule has 0 saturated carbocycles. The van der Waals surface area contributed by atoms with Gasteiger partial charge in [-0.1, -0.05) is 0 Å². The van der Waals surface area contributed by atoms with Gasteiger partial charge in [-0.05, 0) is 62.4 Å². The number of esters is 1. The Balaban J connectivity index is 1.53. The summed E-state index contributed by atoms with van der Waals surface area (Å²) >= 11 is 1.45. The van der Waals surface area contributed by atoms with Crippen LogP contribution in [0.3, 0.4) is 0 Å². The molecule has 0 radical (unpaired) electrons. The van der Waals surface area contributed by atoms with Gasteiger partial charge in [-0.2, -0.15) is 0 Å². The van der Waals surface area contributed by atoms with Crippen LogP contribution in [0.2, 0.25) is 0 Å². The second-order valence-corrected chi connectivity index (χ2v) is 8.42. The highest BCUT2D eigenvalue weighted by Crippen LogP contribution is 2.39. The molecule has 3 aromatic rings. The van der Waals surface area contributed by atoms with Gasteiger partial charge in [-0.3, -0.25) is 4.79 Å². The third-order valence-corrected chi connectivity index (χ3v) is 6.28. The molecule has 8 nitrogen and oxygen atoms in total. The fourth-order valence-electron chi connectivity index (χ4n) is 3.55. The van der Waals surface area contributed by atoms with Gasteiger partial charge in [0.25, 0.3) is 5.89 Å². The number of rotatable bonds is 6. The number of hydrogen-bond acceptors (Lipinski definition) is 8. The normalized spacial score (nSPS) is 13.9. The van der Waals surface area contributed by atoms with Crippen LogP contribution in [0.4, 0.5) is 5.00 Å². The number of ether oxygens (including phenoxy) is 2. The molecule has 1 amide bonds. The highest BCUT2D eigenvalue weighted by molar-refractivity contribution is 7.17. The summed E-state index contributed by atoms with van der Waals surface area (Å²) in [5.74, 6) is 0.526. The van der Waals surface area contributed by atoms with Crippen LogP contribution in [0.25, 0.3) is 11.5 Å². The van der Waals surface area contributed by atoms with E-state index in [2.05, 4.69) is 15.5 Å². The average molecular weight is 442 g/mol. The Morgan fingerprint density at radius 2 is 1.90 bits per heavy atom. The van der Waals surface area contributed by atoms with Crippen LogP contribution in [0, 0.1) is 0 Å². The van der Waals surface area contributed by atoms with Crippen molar-refractivity contribution >= 4 is 28.2 Å². The molecule has 0 fully saturated rings. The number of carbonyl (C=O) groups is 2. The van der Waals surface area contributed by atoms with Crippen LogP contribution in [-0.4, -0.2) is 29.2 Å². The van der Waals surface area contributed by atoms with E-state index >= 15 is 0 Å². The van der Waals surface area contributed by atoms with E-state index in [1.165, 1.54) is 18.3 Å². The van der Waals surface area contributed by atoms with Crippen molar-refractivity contribution in [1.82, 2.24) is 10.2 Å². The Bertz CT molecular complexity index is 1100. The van der Waals surface area contributed by atoms with Crippen molar-refractivity contribution in [3.63, 3.8) is 0 Å². The lowest BCUT2D eigenvalue weighted by Crippen LogP contribution is -2.15. The number of fused-ring (bicyclic) bond motifs is 1. The molecule has 1 N–H and O–H groups in total. The predicted molar refractivity (Wildman–Crippen MR) is 115 cm³/mol. The zero-order valence-corrected chi connectivity index (χ0v) is 18.4. The number of benzene rings is 1. The Kier molecular flexibility index (Phi) is 6.03. The molecule has 9 heteroatoms. The van der Waals surface area contributed by atoms with Gasteiger partial charge in [0, 0.05) is 17.4 Å². The van der Waals surface area contributed by atoms with Crippen molar-refractivity contribution in [2.75, 3.05) is 12.4 Å². The van der Waals surface area contributed by atoms with Gasteiger partial charge >= 0.3 is 5.97 Å². The second-order valence-electron chi connectivity index (χ2n) is 7.32. The van der Waals surface area contributed by atoms with Gasteiger partial charge in [0.1, 0.15) is 10.8 Å². The standard InChI is InChI=1S/C22H23N3O5S/c1-12(19-24-25-20(30-19)14-8-10-15(28-3)11-9-14)29-22(27)18-16-6-4-5-7-17(16)31-21(18)23-13(2)26/h8-12H,4-7H2,1-3H3,(H,23,26). The number of hydrogen-bond donors (Lipinski definition) is 1. The smallest absolute Gasteiger partial charge is 0.342 e. The van der Waals surface area contributed by atoms with E-state index in [4.69, 9.17) is 13.9 Å². The Morgan fingerprint density at radius 1 is 1.16 bits per heavy atom. The summed E-state index contributed by atoms with van der Waals surface area (Å²) in [5.41, 5.74) is 2.15. The van der Waals surface area contributed by atoms with Crippen molar-refractivity contribution in [3.05, 3.63) is 46.2 Å². The van der Waals surface area contributed by atoms with Gasteiger partial charge in [0.2, 0.25) is 11.8 Å². The lowest BCUT2D eigenvalue weighted by molar-refractivity contribution is -0.114. The SMILES string of the molecule is COc1ccc(-c2nnc(C(C)OC(=O)c3c(NC(C)=O)sc4c3CCCC4)o2)cc1. The Hall–Kier alpha value is -3.20. The molecular formula is C22H23N3O5S. The molecule has 162 valence electrons. The van der Waals surface area contributed by atoms with Gasteiger partial charge < -0.3 is 19.2 Å². The minimum Gasteiger partial charge on any atom is -0.497 e. The van der Waals surface area contributed by atoms with Crippen molar-refractivity contribution in [3.8, 4) is 17.2 Å². The second kappa shape index (κ2) is 8.89. The van der Waals surface area contributed by atoms with Crippen LogP contribution in [-0.2, 0) is 22.4 Å². The number of nitrogens with zero attached hydrogens (tertiary/aromatic N) is 2. The first kappa shape index (κ1) is 21.0. The summed E-state index contributed by atoms with van der Waals surface area (Å²) in [6, 6.07) is 7.21. The molecule has 0 spiro atoms. The topological polar surface area (TPSA) is 104 Å². The fraction of sp³-hybridized carbons (Fsp3) is 0.364.